The van der Waals surface area contributed by atoms with E-state index in [4.69, 9.17) is 11.6 Å². The molecule has 1 N–H and O–H groups in total. The van der Waals surface area contributed by atoms with Crippen LogP contribution in [-0.4, -0.2) is 10.5 Å². The van der Waals surface area contributed by atoms with E-state index in [1.807, 2.05) is 19.1 Å². The molecular weight excluding hydrogens is 384 g/mol. The fourth-order valence-corrected chi connectivity index (χ4v) is 3.81. The van der Waals surface area contributed by atoms with Crippen LogP contribution in [0.3, 0.4) is 0 Å². The summed E-state index contributed by atoms with van der Waals surface area (Å²) in [4.78, 5) is 25.9. The van der Waals surface area contributed by atoms with Gasteiger partial charge < -0.3 is 9.88 Å². The highest BCUT2D eigenvalue weighted by Crippen LogP contribution is 2.22. The van der Waals surface area contributed by atoms with Crippen LogP contribution >= 0.6 is 11.6 Å². The van der Waals surface area contributed by atoms with Gasteiger partial charge in [0.25, 0.3) is 5.91 Å². The van der Waals surface area contributed by atoms with Crippen LogP contribution in [-0.2, 0) is 13.0 Å². The molecule has 1 aromatic heterocycles. The van der Waals surface area contributed by atoms with Gasteiger partial charge in [0.05, 0.1) is 10.7 Å². The number of aryl methyl sites for hydroxylation is 1. The van der Waals surface area contributed by atoms with E-state index >= 15 is 0 Å². The second-order valence-electron chi connectivity index (χ2n) is 7.58. The first-order chi connectivity index (χ1) is 14.0. The molecular formula is C24H33ClN2O2. The van der Waals surface area contributed by atoms with Gasteiger partial charge in [-0.3, -0.25) is 9.59 Å². The number of benzene rings is 1. The van der Waals surface area contributed by atoms with Crippen LogP contribution in [0.5, 0.6) is 0 Å². The van der Waals surface area contributed by atoms with Crippen LogP contribution in [0.1, 0.15) is 80.5 Å². The normalized spacial score (nSPS) is 10.9. The monoisotopic (exact) mass is 416 g/mol. The van der Waals surface area contributed by atoms with Crippen molar-refractivity contribution in [2.45, 2.75) is 78.7 Å². The zero-order valence-electron chi connectivity index (χ0n) is 17.9. The summed E-state index contributed by atoms with van der Waals surface area (Å²) in [7, 11) is 0. The Hall–Kier alpha value is -2.07. The number of hydrogen-bond acceptors (Lipinski definition) is 2. The number of unbranched alkanes of at least 4 members (excludes halogenated alkanes) is 5. The average Bonchev–Trinajstić information content (AvgIpc) is 2.68. The van der Waals surface area contributed by atoms with Crippen LogP contribution in [0.25, 0.3) is 0 Å². The highest BCUT2D eigenvalue weighted by Gasteiger charge is 2.20. The summed E-state index contributed by atoms with van der Waals surface area (Å²) < 4.78 is 2.17. The van der Waals surface area contributed by atoms with Crippen LogP contribution in [0.15, 0.2) is 35.1 Å². The summed E-state index contributed by atoms with van der Waals surface area (Å²) in [5.74, 6) is -0.378. The molecule has 5 heteroatoms. The van der Waals surface area contributed by atoms with Gasteiger partial charge in [0.1, 0.15) is 5.56 Å². The molecule has 0 saturated heterocycles. The van der Waals surface area contributed by atoms with Gasteiger partial charge in [-0.2, -0.15) is 0 Å². The molecule has 0 aliphatic carbocycles. The summed E-state index contributed by atoms with van der Waals surface area (Å²) in [6.45, 7) is 7.14. The average molecular weight is 417 g/mol. The molecule has 2 rings (SSSR count). The zero-order valence-corrected chi connectivity index (χ0v) is 18.6. The SMILES string of the molecule is CCCCCCn1c(C)cc(=O)c(C(=O)Nc2ccccc2Cl)c1CCCCC. The molecule has 0 atom stereocenters. The summed E-state index contributed by atoms with van der Waals surface area (Å²) in [5.41, 5.74) is 2.33. The second-order valence-corrected chi connectivity index (χ2v) is 7.98. The van der Waals surface area contributed by atoms with Crippen LogP contribution in [0.4, 0.5) is 5.69 Å². The Morgan fingerprint density at radius 3 is 2.41 bits per heavy atom. The van der Waals surface area contributed by atoms with Gasteiger partial charge in [-0.1, -0.05) is 69.7 Å². The van der Waals surface area contributed by atoms with Gasteiger partial charge in [0.15, 0.2) is 5.43 Å². The van der Waals surface area contributed by atoms with Crippen LogP contribution in [0.2, 0.25) is 5.02 Å². The standard InChI is InChI=1S/C24H33ClN2O2/c1-4-6-8-12-16-27-18(3)17-22(28)23(21(27)15-9-7-5-2)24(29)26-20-14-11-10-13-19(20)25/h10-11,13-14,17H,4-9,12,15-16H2,1-3H3,(H,26,29). The fourth-order valence-electron chi connectivity index (χ4n) is 3.63. The number of halogens is 1. The number of carbonyl (C=O) groups is 1. The Morgan fingerprint density at radius 1 is 1.03 bits per heavy atom. The van der Waals surface area contributed by atoms with E-state index in [0.717, 1.165) is 56.5 Å². The Balaban J connectivity index is 2.40. The molecule has 158 valence electrons. The molecule has 0 radical (unpaired) electrons. The lowest BCUT2D eigenvalue weighted by molar-refractivity contribution is 0.102. The molecule has 0 aliphatic heterocycles. The Morgan fingerprint density at radius 2 is 1.72 bits per heavy atom. The lowest BCUT2D eigenvalue weighted by Gasteiger charge is -2.20. The van der Waals surface area contributed by atoms with Crippen molar-refractivity contribution in [3.05, 3.63) is 62.5 Å². The third kappa shape index (κ3) is 6.46. The predicted molar refractivity (Wildman–Crippen MR) is 122 cm³/mol. The van der Waals surface area contributed by atoms with Gasteiger partial charge in [-0.15, -0.1) is 0 Å². The number of hydrogen-bond donors (Lipinski definition) is 1. The number of rotatable bonds is 11. The van der Waals surface area contributed by atoms with Crippen molar-refractivity contribution in [2.75, 3.05) is 5.32 Å². The van der Waals surface area contributed by atoms with Crippen molar-refractivity contribution >= 4 is 23.2 Å². The first-order valence-corrected chi connectivity index (χ1v) is 11.2. The number of aromatic nitrogens is 1. The van der Waals surface area contributed by atoms with Gasteiger partial charge in [0.2, 0.25) is 0 Å². The summed E-state index contributed by atoms with van der Waals surface area (Å²) in [6, 6.07) is 8.67. The molecule has 1 amide bonds. The number of amides is 1. The molecule has 2 aromatic rings. The van der Waals surface area contributed by atoms with Crippen LogP contribution in [0, 0.1) is 6.92 Å². The van der Waals surface area contributed by atoms with Gasteiger partial charge in [0, 0.05) is 24.0 Å². The van der Waals surface area contributed by atoms with E-state index in [2.05, 4.69) is 23.7 Å². The van der Waals surface area contributed by atoms with E-state index in [1.165, 1.54) is 12.8 Å². The van der Waals surface area contributed by atoms with Gasteiger partial charge in [-0.05, 0) is 38.3 Å². The highest BCUT2D eigenvalue weighted by molar-refractivity contribution is 6.33. The van der Waals surface area contributed by atoms with E-state index in [9.17, 15) is 9.59 Å². The molecule has 0 unspecified atom stereocenters. The van der Waals surface area contributed by atoms with E-state index < -0.39 is 0 Å². The number of pyridine rings is 1. The molecule has 0 spiro atoms. The third-order valence-corrected chi connectivity index (χ3v) is 5.56. The number of para-hydroxylation sites is 1. The Kier molecular flexibility index (Phi) is 9.46. The van der Waals surface area contributed by atoms with E-state index in [-0.39, 0.29) is 16.9 Å². The molecule has 1 heterocycles. The molecule has 0 aliphatic rings. The lowest BCUT2D eigenvalue weighted by Crippen LogP contribution is -2.28. The summed E-state index contributed by atoms with van der Waals surface area (Å²) in [6.07, 6.45) is 8.42. The van der Waals surface area contributed by atoms with Crippen molar-refractivity contribution in [3.8, 4) is 0 Å². The maximum absolute atomic E-state index is 13.1. The molecule has 4 nitrogen and oxygen atoms in total. The topological polar surface area (TPSA) is 51.1 Å². The summed E-state index contributed by atoms with van der Waals surface area (Å²) in [5, 5.41) is 3.30. The minimum atomic E-state index is -0.378. The largest absolute Gasteiger partial charge is 0.348 e. The molecule has 0 saturated carbocycles. The third-order valence-electron chi connectivity index (χ3n) is 5.23. The van der Waals surface area contributed by atoms with Crippen molar-refractivity contribution in [1.82, 2.24) is 4.57 Å². The molecule has 1 aromatic carbocycles. The minimum Gasteiger partial charge on any atom is -0.348 e. The molecule has 29 heavy (non-hydrogen) atoms. The van der Waals surface area contributed by atoms with Gasteiger partial charge >= 0.3 is 0 Å². The Labute approximate surface area is 179 Å². The minimum absolute atomic E-state index is 0.219. The quantitative estimate of drug-likeness (QED) is 0.432. The maximum atomic E-state index is 13.1. The Bertz CT molecular complexity index is 874. The fraction of sp³-hybridized carbons (Fsp3) is 0.500. The first kappa shape index (κ1) is 23.2. The number of nitrogens with one attached hydrogen (secondary N) is 1. The number of anilines is 1. The summed E-state index contributed by atoms with van der Waals surface area (Å²) >= 11 is 6.19. The molecule has 0 bridgehead atoms. The smallest absolute Gasteiger partial charge is 0.261 e. The molecule has 0 fully saturated rings. The van der Waals surface area contributed by atoms with Crippen molar-refractivity contribution in [2.24, 2.45) is 0 Å². The van der Waals surface area contributed by atoms with E-state index in [1.54, 1.807) is 18.2 Å². The number of carbonyl (C=O) groups excluding carboxylic acids is 1. The van der Waals surface area contributed by atoms with E-state index in [0.29, 0.717) is 10.7 Å². The van der Waals surface area contributed by atoms with Crippen LogP contribution < -0.4 is 10.7 Å². The second kappa shape index (κ2) is 11.8. The zero-order chi connectivity index (χ0) is 21.2. The van der Waals surface area contributed by atoms with Crippen molar-refractivity contribution < 1.29 is 4.79 Å². The van der Waals surface area contributed by atoms with Crippen molar-refractivity contribution in [1.29, 1.82) is 0 Å². The number of nitrogens with zero attached hydrogens (tertiary/aromatic N) is 1. The lowest BCUT2D eigenvalue weighted by atomic mass is 10.0. The van der Waals surface area contributed by atoms with Gasteiger partial charge in [-0.25, -0.2) is 0 Å². The predicted octanol–water partition coefficient (Wildman–Crippen LogP) is 6.38. The highest BCUT2D eigenvalue weighted by atomic mass is 35.5. The first-order valence-electron chi connectivity index (χ1n) is 10.8. The van der Waals surface area contributed by atoms with Crippen molar-refractivity contribution in [3.63, 3.8) is 0 Å². The maximum Gasteiger partial charge on any atom is 0.261 e.